The molecule has 0 bridgehead atoms. The van der Waals surface area contributed by atoms with Crippen molar-refractivity contribution in [2.75, 3.05) is 16.8 Å². The molecule has 0 radical (unpaired) electrons. The second-order valence-electron chi connectivity index (χ2n) is 5.37. The Bertz CT molecular complexity index is 824. The number of carbonyl (C=O) groups excluding carboxylic acids is 2. The van der Waals surface area contributed by atoms with Gasteiger partial charge in [-0.3, -0.25) is 9.59 Å². The summed E-state index contributed by atoms with van der Waals surface area (Å²) in [5.74, 6) is -1.52. The van der Waals surface area contributed by atoms with Crippen LogP contribution in [0.2, 0.25) is 5.02 Å². The van der Waals surface area contributed by atoms with Crippen molar-refractivity contribution in [3.05, 3.63) is 40.4 Å². The molecule has 1 aromatic carbocycles. The monoisotopic (exact) mass is 389 g/mol. The number of hydrogen-bond acceptors (Lipinski definition) is 4. The average Bonchev–Trinajstić information content (AvgIpc) is 3.14. The van der Waals surface area contributed by atoms with Gasteiger partial charge in [0.05, 0.1) is 22.8 Å². The number of hydrogen-bond donors (Lipinski definition) is 1. The normalized spacial score (nSPS) is 17.8. The highest BCUT2D eigenvalue weighted by Gasteiger charge is 2.37. The highest BCUT2D eigenvalue weighted by molar-refractivity contribution is 7.15. The van der Waals surface area contributed by atoms with E-state index in [0.717, 1.165) is 0 Å². The third kappa shape index (κ3) is 3.77. The van der Waals surface area contributed by atoms with Crippen molar-refractivity contribution in [1.29, 1.82) is 0 Å². The molecule has 0 saturated carbocycles. The quantitative estimate of drug-likeness (QED) is 0.868. The molecule has 2 heterocycles. The third-order valence-electron chi connectivity index (χ3n) is 3.65. The summed E-state index contributed by atoms with van der Waals surface area (Å²) < 4.78 is 37.7. The summed E-state index contributed by atoms with van der Waals surface area (Å²) in [5, 5.41) is 2.57. The number of alkyl halides is 3. The molecule has 1 atom stereocenters. The Hall–Kier alpha value is -2.13. The maximum atomic E-state index is 12.6. The van der Waals surface area contributed by atoms with E-state index in [4.69, 9.17) is 11.6 Å². The zero-order valence-corrected chi connectivity index (χ0v) is 14.1. The maximum absolute atomic E-state index is 12.6. The van der Waals surface area contributed by atoms with Gasteiger partial charge in [0, 0.05) is 13.0 Å². The zero-order chi connectivity index (χ0) is 18.2. The fraction of sp³-hybridized carbons (Fsp3) is 0.267. The maximum Gasteiger partial charge on any atom is 0.427 e. The smallest absolute Gasteiger partial charge is 0.310 e. The molecule has 132 valence electrons. The van der Waals surface area contributed by atoms with Crippen LogP contribution in [0.3, 0.4) is 0 Å². The standard InChI is InChI=1S/C15H11ClF3N3O2S/c16-9-3-1-2-4-10(9)22-7-8(5-12(22)23)13(24)21-14-20-6-11(25-14)15(17,18)19/h1-4,6,8H,5,7H2,(H,20,21,24). The van der Waals surface area contributed by atoms with E-state index in [1.807, 2.05) is 0 Å². The highest BCUT2D eigenvalue weighted by atomic mass is 35.5. The lowest BCUT2D eigenvalue weighted by Gasteiger charge is -2.17. The number of aromatic nitrogens is 1. The van der Waals surface area contributed by atoms with Crippen LogP contribution in [0.4, 0.5) is 24.0 Å². The van der Waals surface area contributed by atoms with E-state index in [0.29, 0.717) is 28.2 Å². The second-order valence-corrected chi connectivity index (χ2v) is 6.81. The van der Waals surface area contributed by atoms with Crippen molar-refractivity contribution in [1.82, 2.24) is 4.98 Å². The van der Waals surface area contributed by atoms with Gasteiger partial charge in [0.15, 0.2) is 5.13 Å². The van der Waals surface area contributed by atoms with Crippen LogP contribution in [0.15, 0.2) is 30.5 Å². The first-order chi connectivity index (χ1) is 11.8. The Morgan fingerprint density at radius 1 is 1.36 bits per heavy atom. The molecule has 0 spiro atoms. The number of halogens is 4. The molecule has 25 heavy (non-hydrogen) atoms. The van der Waals surface area contributed by atoms with Gasteiger partial charge < -0.3 is 10.2 Å². The zero-order valence-electron chi connectivity index (χ0n) is 12.5. The van der Waals surface area contributed by atoms with Gasteiger partial charge in [0.1, 0.15) is 4.88 Å². The lowest BCUT2D eigenvalue weighted by molar-refractivity contribution is -0.134. The predicted molar refractivity (Wildman–Crippen MR) is 87.7 cm³/mol. The minimum atomic E-state index is -4.51. The van der Waals surface area contributed by atoms with E-state index in [-0.39, 0.29) is 24.0 Å². The summed E-state index contributed by atoms with van der Waals surface area (Å²) in [6, 6.07) is 6.73. The van der Waals surface area contributed by atoms with Gasteiger partial charge in [0.2, 0.25) is 11.8 Å². The molecule has 1 aliphatic heterocycles. The van der Waals surface area contributed by atoms with Gasteiger partial charge in [0.25, 0.3) is 0 Å². The average molecular weight is 390 g/mol. The number of carbonyl (C=O) groups is 2. The van der Waals surface area contributed by atoms with Gasteiger partial charge in [-0.2, -0.15) is 13.2 Å². The number of anilines is 2. The van der Waals surface area contributed by atoms with Crippen LogP contribution in [0, 0.1) is 5.92 Å². The first-order valence-electron chi connectivity index (χ1n) is 7.14. The Morgan fingerprint density at radius 2 is 2.08 bits per heavy atom. The summed E-state index contributed by atoms with van der Waals surface area (Å²) in [6.07, 6.45) is -3.89. The van der Waals surface area contributed by atoms with Gasteiger partial charge >= 0.3 is 6.18 Å². The van der Waals surface area contributed by atoms with Crippen LogP contribution in [0.25, 0.3) is 0 Å². The predicted octanol–water partition coefficient (Wildman–Crippen LogP) is 3.81. The number of nitrogens with one attached hydrogen (secondary N) is 1. The minimum Gasteiger partial charge on any atom is -0.310 e. The molecule has 1 aromatic heterocycles. The molecule has 10 heteroatoms. The molecule has 1 aliphatic rings. The van der Waals surface area contributed by atoms with Crippen molar-refractivity contribution in [2.24, 2.45) is 5.92 Å². The summed E-state index contributed by atoms with van der Waals surface area (Å²) in [5.41, 5.74) is 0.498. The van der Waals surface area contributed by atoms with Gasteiger partial charge in [-0.25, -0.2) is 4.98 Å². The van der Waals surface area contributed by atoms with Crippen molar-refractivity contribution in [2.45, 2.75) is 12.6 Å². The molecule has 2 amide bonds. The molecule has 0 aliphatic carbocycles. The summed E-state index contributed by atoms with van der Waals surface area (Å²) >= 11 is 6.40. The van der Waals surface area contributed by atoms with Crippen LogP contribution < -0.4 is 10.2 Å². The van der Waals surface area contributed by atoms with Crippen molar-refractivity contribution >= 4 is 45.6 Å². The van der Waals surface area contributed by atoms with Gasteiger partial charge in [-0.1, -0.05) is 35.1 Å². The molecule has 1 fully saturated rings. The van der Waals surface area contributed by atoms with E-state index < -0.39 is 22.9 Å². The molecule has 1 N–H and O–H groups in total. The molecular weight excluding hydrogens is 379 g/mol. The Kier molecular flexibility index (Phi) is 4.70. The summed E-state index contributed by atoms with van der Waals surface area (Å²) in [4.78, 5) is 28.4. The van der Waals surface area contributed by atoms with Crippen molar-refractivity contribution in [3.8, 4) is 0 Å². The number of nitrogens with zero attached hydrogens (tertiary/aromatic N) is 2. The lowest BCUT2D eigenvalue weighted by Crippen LogP contribution is -2.28. The number of thiazole rings is 1. The Balaban J connectivity index is 1.69. The van der Waals surface area contributed by atoms with Crippen LogP contribution in [-0.2, 0) is 15.8 Å². The summed E-state index contributed by atoms with van der Waals surface area (Å²) in [7, 11) is 0. The molecule has 2 aromatic rings. The van der Waals surface area contributed by atoms with Crippen LogP contribution in [0.5, 0.6) is 0 Å². The Morgan fingerprint density at radius 3 is 2.72 bits per heavy atom. The largest absolute Gasteiger partial charge is 0.427 e. The van der Waals surface area contributed by atoms with E-state index in [1.165, 1.54) is 4.90 Å². The second kappa shape index (κ2) is 6.64. The molecule has 1 unspecified atom stereocenters. The minimum absolute atomic E-state index is 0.0471. The van der Waals surface area contributed by atoms with Crippen molar-refractivity contribution in [3.63, 3.8) is 0 Å². The highest BCUT2D eigenvalue weighted by Crippen LogP contribution is 2.36. The molecule has 1 saturated heterocycles. The number of rotatable bonds is 3. The lowest BCUT2D eigenvalue weighted by atomic mass is 10.1. The SMILES string of the molecule is O=C(Nc1ncc(C(F)(F)F)s1)C1CC(=O)N(c2ccccc2Cl)C1. The van der Waals surface area contributed by atoms with Crippen LogP contribution in [-0.4, -0.2) is 23.3 Å². The van der Waals surface area contributed by atoms with Crippen LogP contribution in [0.1, 0.15) is 11.3 Å². The van der Waals surface area contributed by atoms with E-state index in [9.17, 15) is 22.8 Å². The van der Waals surface area contributed by atoms with Crippen LogP contribution >= 0.6 is 22.9 Å². The molecule has 5 nitrogen and oxygen atoms in total. The topological polar surface area (TPSA) is 62.3 Å². The molecule has 3 rings (SSSR count). The van der Waals surface area contributed by atoms with Crippen molar-refractivity contribution < 1.29 is 22.8 Å². The van der Waals surface area contributed by atoms with Gasteiger partial charge in [-0.05, 0) is 12.1 Å². The van der Waals surface area contributed by atoms with E-state index >= 15 is 0 Å². The fourth-order valence-electron chi connectivity index (χ4n) is 2.46. The number of benzene rings is 1. The molecular formula is C15H11ClF3N3O2S. The first-order valence-corrected chi connectivity index (χ1v) is 8.34. The number of para-hydroxylation sites is 1. The first kappa shape index (κ1) is 17.7. The van der Waals surface area contributed by atoms with E-state index in [2.05, 4.69) is 10.3 Å². The third-order valence-corrected chi connectivity index (χ3v) is 4.93. The summed E-state index contributed by atoms with van der Waals surface area (Å²) in [6.45, 7) is 0.103. The van der Waals surface area contributed by atoms with E-state index in [1.54, 1.807) is 24.3 Å². The van der Waals surface area contributed by atoms with Gasteiger partial charge in [-0.15, -0.1) is 0 Å². The number of amides is 2. The Labute approximate surface area is 149 Å². The fourth-order valence-corrected chi connectivity index (χ4v) is 3.38.